The van der Waals surface area contributed by atoms with Crippen molar-refractivity contribution >= 4 is 5.57 Å². The van der Waals surface area contributed by atoms with Crippen molar-refractivity contribution in [2.24, 2.45) is 5.73 Å². The molecule has 5 heteroatoms. The van der Waals surface area contributed by atoms with E-state index in [0.717, 1.165) is 35.6 Å². The minimum atomic E-state index is -4.44. The number of ether oxygens (including phenoxy) is 1. The molecule has 120 valence electrons. The molecule has 1 aliphatic rings. The molecule has 2 aromatic carbocycles. The molecular formula is C18H16F3NO. The van der Waals surface area contributed by atoms with Crippen molar-refractivity contribution in [2.45, 2.75) is 19.0 Å². The normalized spacial score (nSPS) is 14.2. The SMILES string of the molecule is NCC1=CCCc2cc(Oc3ccccc3C(F)(F)F)ccc21. The minimum absolute atomic E-state index is 0.189. The third kappa shape index (κ3) is 3.24. The predicted molar refractivity (Wildman–Crippen MR) is 83.3 cm³/mol. The van der Waals surface area contributed by atoms with Gasteiger partial charge in [-0.15, -0.1) is 0 Å². The average Bonchev–Trinajstić information content (AvgIpc) is 2.53. The average molecular weight is 319 g/mol. The fourth-order valence-electron chi connectivity index (χ4n) is 2.78. The molecule has 0 fully saturated rings. The lowest BCUT2D eigenvalue weighted by atomic mass is 9.91. The Morgan fingerprint density at radius 3 is 2.61 bits per heavy atom. The Morgan fingerprint density at radius 2 is 1.87 bits per heavy atom. The van der Waals surface area contributed by atoms with Crippen molar-refractivity contribution in [1.29, 1.82) is 0 Å². The van der Waals surface area contributed by atoms with Crippen LogP contribution in [0.1, 0.15) is 23.1 Å². The van der Waals surface area contributed by atoms with Crippen molar-refractivity contribution in [2.75, 3.05) is 6.54 Å². The van der Waals surface area contributed by atoms with E-state index in [9.17, 15) is 13.2 Å². The summed E-state index contributed by atoms with van der Waals surface area (Å²) in [5.74, 6) is 0.212. The molecule has 0 aromatic heterocycles. The number of benzene rings is 2. The van der Waals surface area contributed by atoms with Crippen molar-refractivity contribution in [3.63, 3.8) is 0 Å². The van der Waals surface area contributed by atoms with Gasteiger partial charge in [0.05, 0.1) is 5.56 Å². The fraction of sp³-hybridized carbons (Fsp3) is 0.222. The van der Waals surface area contributed by atoms with E-state index >= 15 is 0 Å². The molecule has 0 unspecified atom stereocenters. The van der Waals surface area contributed by atoms with Crippen molar-refractivity contribution < 1.29 is 17.9 Å². The van der Waals surface area contributed by atoms with E-state index in [1.807, 2.05) is 6.07 Å². The van der Waals surface area contributed by atoms with Gasteiger partial charge in [0, 0.05) is 6.54 Å². The summed E-state index contributed by atoms with van der Waals surface area (Å²) in [5.41, 5.74) is 8.11. The first-order chi connectivity index (χ1) is 11.0. The van der Waals surface area contributed by atoms with Gasteiger partial charge in [-0.05, 0) is 53.8 Å². The maximum atomic E-state index is 13.0. The van der Waals surface area contributed by atoms with Gasteiger partial charge in [-0.2, -0.15) is 13.2 Å². The van der Waals surface area contributed by atoms with Crippen LogP contribution in [0.4, 0.5) is 13.2 Å². The van der Waals surface area contributed by atoms with E-state index in [1.165, 1.54) is 18.2 Å². The van der Waals surface area contributed by atoms with Crippen LogP contribution in [-0.4, -0.2) is 6.54 Å². The summed E-state index contributed by atoms with van der Waals surface area (Å²) in [7, 11) is 0. The van der Waals surface area contributed by atoms with Gasteiger partial charge in [-0.3, -0.25) is 0 Å². The molecule has 0 heterocycles. The smallest absolute Gasteiger partial charge is 0.419 e. The van der Waals surface area contributed by atoms with E-state index in [0.29, 0.717) is 12.3 Å². The monoisotopic (exact) mass is 319 g/mol. The number of alkyl halides is 3. The first-order valence-electron chi connectivity index (χ1n) is 7.35. The van der Waals surface area contributed by atoms with Crippen LogP contribution >= 0.6 is 0 Å². The third-order valence-corrected chi connectivity index (χ3v) is 3.87. The zero-order chi connectivity index (χ0) is 16.4. The van der Waals surface area contributed by atoms with E-state index in [2.05, 4.69) is 6.08 Å². The maximum absolute atomic E-state index is 13.0. The maximum Gasteiger partial charge on any atom is 0.419 e. The van der Waals surface area contributed by atoms with Gasteiger partial charge in [-0.1, -0.05) is 24.3 Å². The standard InChI is InChI=1S/C18H16F3NO/c19-18(20,21)16-6-1-2-7-17(16)23-14-8-9-15-12(10-14)4-3-5-13(15)11-22/h1-2,5-10H,3-4,11,22H2. The molecule has 0 aliphatic heterocycles. The number of halogens is 3. The van der Waals surface area contributed by atoms with E-state index < -0.39 is 11.7 Å². The van der Waals surface area contributed by atoms with Gasteiger partial charge in [0.1, 0.15) is 11.5 Å². The number of aryl methyl sites for hydroxylation is 1. The molecule has 0 saturated heterocycles. The Labute approximate surface area is 132 Å². The van der Waals surface area contributed by atoms with Crippen molar-refractivity contribution in [3.8, 4) is 11.5 Å². The fourth-order valence-corrected chi connectivity index (χ4v) is 2.78. The third-order valence-electron chi connectivity index (χ3n) is 3.87. The van der Waals surface area contributed by atoms with Crippen molar-refractivity contribution in [1.82, 2.24) is 0 Å². The Morgan fingerprint density at radius 1 is 1.09 bits per heavy atom. The molecule has 0 spiro atoms. The number of rotatable bonds is 3. The van der Waals surface area contributed by atoms with E-state index in [1.54, 1.807) is 12.1 Å². The molecule has 0 bridgehead atoms. The summed E-state index contributed by atoms with van der Waals surface area (Å²) < 4.78 is 44.6. The number of hydrogen-bond acceptors (Lipinski definition) is 2. The zero-order valence-electron chi connectivity index (χ0n) is 12.4. The summed E-state index contributed by atoms with van der Waals surface area (Å²) >= 11 is 0. The summed E-state index contributed by atoms with van der Waals surface area (Å²) in [5, 5.41) is 0. The first kappa shape index (κ1) is 15.6. The molecular weight excluding hydrogens is 303 g/mol. The minimum Gasteiger partial charge on any atom is -0.457 e. The molecule has 0 amide bonds. The highest BCUT2D eigenvalue weighted by Crippen LogP contribution is 2.38. The summed E-state index contributed by atoms with van der Waals surface area (Å²) in [6.45, 7) is 0.449. The lowest BCUT2D eigenvalue weighted by molar-refractivity contribution is -0.138. The van der Waals surface area contributed by atoms with Crippen LogP contribution in [0.3, 0.4) is 0 Å². The van der Waals surface area contributed by atoms with E-state index in [-0.39, 0.29) is 5.75 Å². The highest BCUT2D eigenvalue weighted by molar-refractivity contribution is 5.72. The van der Waals surface area contributed by atoms with Crippen LogP contribution in [-0.2, 0) is 12.6 Å². The second-order valence-electron chi connectivity index (χ2n) is 5.39. The summed E-state index contributed by atoms with van der Waals surface area (Å²) in [6.07, 6.45) is -0.638. The van der Waals surface area contributed by atoms with Gasteiger partial charge in [0.15, 0.2) is 0 Å². The Kier molecular flexibility index (Phi) is 4.13. The zero-order valence-corrected chi connectivity index (χ0v) is 12.4. The Balaban J connectivity index is 1.93. The quantitative estimate of drug-likeness (QED) is 0.883. The van der Waals surface area contributed by atoms with Gasteiger partial charge in [0.25, 0.3) is 0 Å². The molecule has 2 aromatic rings. The molecule has 2 nitrogen and oxygen atoms in total. The van der Waals surface area contributed by atoms with Gasteiger partial charge in [-0.25, -0.2) is 0 Å². The van der Waals surface area contributed by atoms with Crippen molar-refractivity contribution in [3.05, 3.63) is 65.2 Å². The first-order valence-corrected chi connectivity index (χ1v) is 7.35. The molecule has 1 aliphatic carbocycles. The van der Waals surface area contributed by atoms with Gasteiger partial charge in [0.2, 0.25) is 0 Å². The number of nitrogens with two attached hydrogens (primary N) is 1. The highest BCUT2D eigenvalue weighted by atomic mass is 19.4. The second kappa shape index (κ2) is 6.08. The number of hydrogen-bond donors (Lipinski definition) is 1. The molecule has 0 saturated carbocycles. The van der Waals surface area contributed by atoms with Gasteiger partial charge >= 0.3 is 6.18 Å². The largest absolute Gasteiger partial charge is 0.457 e. The summed E-state index contributed by atoms with van der Waals surface area (Å²) in [6, 6.07) is 10.6. The molecule has 3 rings (SSSR count). The summed E-state index contributed by atoms with van der Waals surface area (Å²) in [4.78, 5) is 0. The van der Waals surface area contributed by atoms with E-state index in [4.69, 9.17) is 10.5 Å². The topological polar surface area (TPSA) is 35.2 Å². The molecule has 0 radical (unpaired) electrons. The van der Waals surface area contributed by atoms with Crippen LogP contribution in [0.2, 0.25) is 0 Å². The molecule has 0 atom stereocenters. The van der Waals surface area contributed by atoms with Crippen LogP contribution in [0.5, 0.6) is 11.5 Å². The number of allylic oxidation sites excluding steroid dienone is 1. The van der Waals surface area contributed by atoms with Crippen LogP contribution in [0.15, 0.2) is 48.5 Å². The molecule has 2 N–H and O–H groups in total. The lowest BCUT2D eigenvalue weighted by Crippen LogP contribution is -2.09. The van der Waals surface area contributed by atoms with Crippen LogP contribution in [0, 0.1) is 0 Å². The Bertz CT molecular complexity index is 750. The lowest BCUT2D eigenvalue weighted by Gasteiger charge is -2.19. The number of fused-ring (bicyclic) bond motifs is 1. The highest BCUT2D eigenvalue weighted by Gasteiger charge is 2.34. The molecule has 23 heavy (non-hydrogen) atoms. The predicted octanol–water partition coefficient (Wildman–Crippen LogP) is 4.79. The van der Waals surface area contributed by atoms with Crippen LogP contribution < -0.4 is 10.5 Å². The Hall–Kier alpha value is -2.27. The number of para-hydroxylation sites is 1. The van der Waals surface area contributed by atoms with Crippen LogP contribution in [0.25, 0.3) is 5.57 Å². The second-order valence-corrected chi connectivity index (χ2v) is 5.39. The van der Waals surface area contributed by atoms with Gasteiger partial charge < -0.3 is 10.5 Å².